The highest BCUT2D eigenvalue weighted by atomic mass is 19.4. The molecular weight excluding hydrogens is 207 g/mol. The second-order valence-corrected chi connectivity index (χ2v) is 2.37. The van der Waals surface area contributed by atoms with E-state index >= 15 is 0 Å². The van der Waals surface area contributed by atoms with Crippen LogP contribution in [0.5, 0.6) is 5.75 Å². The number of hydrogen-bond acceptors (Lipinski definition) is 1. The first-order valence-corrected chi connectivity index (χ1v) is 3.52. The summed E-state index contributed by atoms with van der Waals surface area (Å²) in [6.45, 7) is -3.27. The number of benzene rings is 1. The van der Waals surface area contributed by atoms with Crippen molar-refractivity contribution in [1.82, 2.24) is 0 Å². The highest BCUT2D eigenvalue weighted by Gasteiger charge is 2.34. The first-order chi connectivity index (χ1) is 6.41. The molecule has 0 radical (unpaired) electrons. The van der Waals surface area contributed by atoms with Crippen molar-refractivity contribution in [3.05, 3.63) is 29.8 Å². The van der Waals surface area contributed by atoms with E-state index in [4.69, 9.17) is 0 Å². The van der Waals surface area contributed by atoms with Gasteiger partial charge in [-0.05, 0) is 12.1 Å². The molecule has 6 heteroatoms. The van der Waals surface area contributed by atoms with Crippen LogP contribution in [0.25, 0.3) is 0 Å². The standard InChI is InChI=1S/C8H5F5O/c9-7(10)14-6-4-2-1-3-5(6)8(11,12)13/h1-4,7H. The van der Waals surface area contributed by atoms with Crippen LogP contribution in [0.15, 0.2) is 24.3 Å². The van der Waals surface area contributed by atoms with Crippen LogP contribution in [0.2, 0.25) is 0 Å². The Kier molecular flexibility index (Phi) is 2.93. The Hall–Kier alpha value is -1.33. The van der Waals surface area contributed by atoms with Crippen LogP contribution in [-0.2, 0) is 6.18 Å². The van der Waals surface area contributed by atoms with E-state index < -0.39 is 24.1 Å². The van der Waals surface area contributed by atoms with Crippen molar-refractivity contribution in [2.24, 2.45) is 0 Å². The van der Waals surface area contributed by atoms with Crippen molar-refractivity contribution in [2.45, 2.75) is 12.8 Å². The van der Waals surface area contributed by atoms with Gasteiger partial charge in [-0.1, -0.05) is 12.1 Å². The Labute approximate surface area is 76.1 Å². The number of alkyl halides is 5. The summed E-state index contributed by atoms with van der Waals surface area (Å²) in [4.78, 5) is 0. The predicted molar refractivity (Wildman–Crippen MR) is 38.1 cm³/mol. The largest absolute Gasteiger partial charge is 0.434 e. The fraction of sp³-hybridized carbons (Fsp3) is 0.250. The maximum absolute atomic E-state index is 12.2. The Balaban J connectivity index is 3.04. The summed E-state index contributed by atoms with van der Waals surface area (Å²) >= 11 is 0. The average molecular weight is 212 g/mol. The molecule has 0 saturated carbocycles. The van der Waals surface area contributed by atoms with Gasteiger partial charge < -0.3 is 4.74 Å². The third kappa shape index (κ3) is 2.58. The quantitative estimate of drug-likeness (QED) is 0.683. The van der Waals surface area contributed by atoms with Gasteiger partial charge in [0.2, 0.25) is 0 Å². The summed E-state index contributed by atoms with van der Waals surface area (Å²) in [5.74, 6) is -0.866. The van der Waals surface area contributed by atoms with Crippen LogP contribution in [0.1, 0.15) is 5.56 Å². The monoisotopic (exact) mass is 212 g/mol. The van der Waals surface area contributed by atoms with Crippen LogP contribution in [0, 0.1) is 0 Å². The highest BCUT2D eigenvalue weighted by Crippen LogP contribution is 2.36. The lowest BCUT2D eigenvalue weighted by atomic mass is 10.2. The van der Waals surface area contributed by atoms with Gasteiger partial charge in [-0.2, -0.15) is 22.0 Å². The topological polar surface area (TPSA) is 9.23 Å². The van der Waals surface area contributed by atoms with Crippen LogP contribution in [-0.4, -0.2) is 6.61 Å². The van der Waals surface area contributed by atoms with Gasteiger partial charge in [-0.3, -0.25) is 0 Å². The molecule has 1 aromatic carbocycles. The van der Waals surface area contributed by atoms with Crippen molar-refractivity contribution in [3.63, 3.8) is 0 Å². The molecule has 0 aliphatic carbocycles. The lowest BCUT2D eigenvalue weighted by Crippen LogP contribution is -2.11. The molecule has 0 aliphatic rings. The molecule has 0 saturated heterocycles. The summed E-state index contributed by atoms with van der Waals surface area (Å²) in [6, 6.07) is 3.81. The minimum Gasteiger partial charge on any atom is -0.434 e. The molecule has 0 aromatic heterocycles. The van der Waals surface area contributed by atoms with E-state index in [-0.39, 0.29) is 0 Å². The van der Waals surface area contributed by atoms with Crippen molar-refractivity contribution < 1.29 is 26.7 Å². The first kappa shape index (κ1) is 10.7. The zero-order valence-corrected chi connectivity index (χ0v) is 6.68. The number of halogens is 5. The molecule has 0 atom stereocenters. The number of rotatable bonds is 2. The minimum atomic E-state index is -4.69. The lowest BCUT2D eigenvalue weighted by Gasteiger charge is -2.12. The van der Waals surface area contributed by atoms with Crippen LogP contribution < -0.4 is 4.74 Å². The molecule has 1 aromatic rings. The summed E-state index contributed by atoms with van der Waals surface area (Å²) < 4.78 is 63.6. The maximum atomic E-state index is 12.2. The molecule has 0 aliphatic heterocycles. The normalized spacial score (nSPS) is 11.9. The van der Waals surface area contributed by atoms with Gasteiger partial charge in [-0.15, -0.1) is 0 Å². The average Bonchev–Trinajstić information content (AvgIpc) is 2.01. The smallest absolute Gasteiger partial charge is 0.419 e. The van der Waals surface area contributed by atoms with Gasteiger partial charge in [0.05, 0.1) is 5.56 Å². The van der Waals surface area contributed by atoms with Crippen molar-refractivity contribution in [2.75, 3.05) is 0 Å². The fourth-order valence-corrected chi connectivity index (χ4v) is 0.900. The van der Waals surface area contributed by atoms with Crippen LogP contribution >= 0.6 is 0 Å². The molecule has 1 rings (SSSR count). The molecular formula is C8H5F5O. The SMILES string of the molecule is FC(F)Oc1ccccc1C(F)(F)F. The maximum Gasteiger partial charge on any atom is 0.419 e. The first-order valence-electron chi connectivity index (χ1n) is 3.52. The molecule has 78 valence electrons. The van der Waals surface area contributed by atoms with Crippen LogP contribution in [0.4, 0.5) is 22.0 Å². The molecule has 0 N–H and O–H groups in total. The minimum absolute atomic E-state index is 0.678. The van der Waals surface area contributed by atoms with E-state index in [2.05, 4.69) is 4.74 Å². The molecule has 0 amide bonds. The number of hydrogen-bond donors (Lipinski definition) is 0. The van der Waals surface area contributed by atoms with Gasteiger partial charge in [0.25, 0.3) is 0 Å². The fourth-order valence-electron chi connectivity index (χ4n) is 0.900. The van der Waals surface area contributed by atoms with E-state index in [1.54, 1.807) is 0 Å². The Morgan fingerprint density at radius 1 is 1.07 bits per heavy atom. The lowest BCUT2D eigenvalue weighted by molar-refractivity contribution is -0.141. The zero-order chi connectivity index (χ0) is 10.8. The highest BCUT2D eigenvalue weighted by molar-refractivity contribution is 5.35. The second kappa shape index (κ2) is 3.81. The van der Waals surface area contributed by atoms with Crippen molar-refractivity contribution in [3.8, 4) is 5.75 Å². The van der Waals surface area contributed by atoms with E-state index in [1.165, 1.54) is 6.07 Å². The Morgan fingerprint density at radius 3 is 2.14 bits per heavy atom. The van der Waals surface area contributed by atoms with Crippen molar-refractivity contribution in [1.29, 1.82) is 0 Å². The third-order valence-electron chi connectivity index (χ3n) is 1.41. The molecule has 14 heavy (non-hydrogen) atoms. The van der Waals surface area contributed by atoms with Gasteiger partial charge in [0, 0.05) is 0 Å². The van der Waals surface area contributed by atoms with E-state index in [0.717, 1.165) is 12.1 Å². The zero-order valence-electron chi connectivity index (χ0n) is 6.68. The third-order valence-corrected chi connectivity index (χ3v) is 1.41. The molecule has 0 heterocycles. The summed E-state index contributed by atoms with van der Waals surface area (Å²) in [7, 11) is 0. The summed E-state index contributed by atoms with van der Waals surface area (Å²) in [6.07, 6.45) is -4.69. The van der Waals surface area contributed by atoms with Gasteiger partial charge in [0.15, 0.2) is 0 Å². The predicted octanol–water partition coefficient (Wildman–Crippen LogP) is 3.31. The van der Waals surface area contributed by atoms with Crippen LogP contribution in [0.3, 0.4) is 0 Å². The van der Waals surface area contributed by atoms with E-state index in [0.29, 0.717) is 6.07 Å². The molecule has 0 bridgehead atoms. The van der Waals surface area contributed by atoms with E-state index in [1.807, 2.05) is 0 Å². The molecule has 0 spiro atoms. The number of ether oxygens (including phenoxy) is 1. The van der Waals surface area contributed by atoms with Gasteiger partial charge >= 0.3 is 12.8 Å². The molecule has 0 fully saturated rings. The van der Waals surface area contributed by atoms with Gasteiger partial charge in [0.1, 0.15) is 5.75 Å². The van der Waals surface area contributed by atoms with E-state index in [9.17, 15) is 22.0 Å². The number of para-hydroxylation sites is 1. The molecule has 1 nitrogen and oxygen atoms in total. The van der Waals surface area contributed by atoms with Crippen molar-refractivity contribution >= 4 is 0 Å². The Bertz CT molecular complexity index is 307. The summed E-state index contributed by atoms with van der Waals surface area (Å²) in [5, 5.41) is 0. The Morgan fingerprint density at radius 2 is 1.64 bits per heavy atom. The second-order valence-electron chi connectivity index (χ2n) is 2.37. The summed E-state index contributed by atoms with van der Waals surface area (Å²) in [5.41, 5.74) is -1.21. The molecule has 0 unspecified atom stereocenters. The van der Waals surface area contributed by atoms with Gasteiger partial charge in [-0.25, -0.2) is 0 Å².